The van der Waals surface area contributed by atoms with E-state index in [4.69, 9.17) is 4.74 Å². The number of ether oxygens (including phenoxy) is 1. The Balaban J connectivity index is 2.40. The molecule has 1 atom stereocenters. The Hall–Kier alpha value is -0.610. The van der Waals surface area contributed by atoms with Crippen LogP contribution < -0.4 is 5.32 Å². The Kier molecular flexibility index (Phi) is 5.92. The van der Waals surface area contributed by atoms with Gasteiger partial charge in [0.1, 0.15) is 6.10 Å². The molecule has 1 fully saturated rings. The van der Waals surface area contributed by atoms with Crippen molar-refractivity contribution in [2.24, 2.45) is 0 Å². The van der Waals surface area contributed by atoms with Gasteiger partial charge in [-0.3, -0.25) is 4.79 Å². The van der Waals surface area contributed by atoms with Crippen molar-refractivity contribution in [2.45, 2.75) is 57.7 Å². The molecule has 1 N–H and O–H groups in total. The van der Waals surface area contributed by atoms with Crippen LogP contribution in [0.3, 0.4) is 0 Å². The van der Waals surface area contributed by atoms with Gasteiger partial charge in [-0.25, -0.2) is 0 Å². The number of amides is 1. The Morgan fingerprint density at radius 3 is 2.47 bits per heavy atom. The highest BCUT2D eigenvalue weighted by Gasteiger charge is 2.28. The predicted molar refractivity (Wildman–Crippen MR) is 69.0 cm³/mol. The molecular weight excluding hydrogens is 216 g/mol. The highest BCUT2D eigenvalue weighted by atomic mass is 16.5. The zero-order valence-corrected chi connectivity index (χ0v) is 11.5. The molecular formula is C13H26N2O2. The summed E-state index contributed by atoms with van der Waals surface area (Å²) in [5.74, 6) is 0.0967. The number of hydrogen-bond donors (Lipinski definition) is 1. The van der Waals surface area contributed by atoms with Crippen molar-refractivity contribution >= 4 is 5.91 Å². The summed E-state index contributed by atoms with van der Waals surface area (Å²) < 4.78 is 5.08. The quantitative estimate of drug-likeness (QED) is 0.792. The average molecular weight is 242 g/mol. The Bertz CT molecular complexity index is 238. The van der Waals surface area contributed by atoms with Crippen LogP contribution in [0.15, 0.2) is 0 Å². The van der Waals surface area contributed by atoms with Crippen LogP contribution in [0.2, 0.25) is 0 Å². The number of carbonyl (C=O) groups is 1. The van der Waals surface area contributed by atoms with Crippen molar-refractivity contribution in [1.82, 2.24) is 10.2 Å². The van der Waals surface area contributed by atoms with Crippen LogP contribution in [0, 0.1) is 0 Å². The number of rotatable bonds is 5. The van der Waals surface area contributed by atoms with E-state index in [0.717, 1.165) is 32.2 Å². The van der Waals surface area contributed by atoms with Crippen molar-refractivity contribution in [3.63, 3.8) is 0 Å². The van der Waals surface area contributed by atoms with E-state index in [1.165, 1.54) is 0 Å². The molecule has 0 aromatic carbocycles. The highest BCUT2D eigenvalue weighted by molar-refractivity contribution is 5.80. The molecule has 0 spiro atoms. The van der Waals surface area contributed by atoms with Gasteiger partial charge in [-0.15, -0.1) is 0 Å². The molecule has 17 heavy (non-hydrogen) atoms. The second-order valence-corrected chi connectivity index (χ2v) is 4.89. The molecule has 100 valence electrons. The minimum atomic E-state index is -0.327. The number of nitrogens with zero attached hydrogens (tertiary/aromatic N) is 1. The normalized spacial score (nSPS) is 26.6. The van der Waals surface area contributed by atoms with Gasteiger partial charge in [-0.1, -0.05) is 6.92 Å². The van der Waals surface area contributed by atoms with E-state index in [-0.39, 0.29) is 12.0 Å². The minimum absolute atomic E-state index is 0.0967. The lowest BCUT2D eigenvalue weighted by Gasteiger charge is -2.35. The van der Waals surface area contributed by atoms with E-state index in [0.29, 0.717) is 12.1 Å². The van der Waals surface area contributed by atoms with E-state index < -0.39 is 0 Å². The summed E-state index contributed by atoms with van der Waals surface area (Å²) in [5.41, 5.74) is 0. The molecule has 1 aliphatic rings. The lowest BCUT2D eigenvalue weighted by Crippen LogP contribution is -2.46. The Labute approximate surface area is 105 Å². The van der Waals surface area contributed by atoms with Gasteiger partial charge in [0, 0.05) is 26.2 Å². The van der Waals surface area contributed by atoms with Crippen molar-refractivity contribution < 1.29 is 9.53 Å². The number of nitrogens with one attached hydrogen (secondary N) is 1. The molecule has 1 aliphatic carbocycles. The van der Waals surface area contributed by atoms with Gasteiger partial charge >= 0.3 is 0 Å². The predicted octanol–water partition coefficient (Wildman–Crippen LogP) is 1.40. The van der Waals surface area contributed by atoms with E-state index in [1.54, 1.807) is 7.11 Å². The van der Waals surface area contributed by atoms with E-state index in [9.17, 15) is 4.79 Å². The molecule has 1 rings (SSSR count). The van der Waals surface area contributed by atoms with Crippen LogP contribution in [0.5, 0.6) is 0 Å². The molecule has 0 bridgehead atoms. The molecule has 4 nitrogen and oxygen atoms in total. The SMILES string of the molecule is CCNC1CCC(N(C)C(=O)C(C)OC)CC1. The maximum atomic E-state index is 12.0. The van der Waals surface area contributed by atoms with Crippen LogP contribution in [-0.4, -0.2) is 49.7 Å². The number of methoxy groups -OCH3 is 1. The second kappa shape index (κ2) is 6.97. The van der Waals surface area contributed by atoms with Crippen LogP contribution in [0.25, 0.3) is 0 Å². The summed E-state index contributed by atoms with van der Waals surface area (Å²) in [7, 11) is 3.48. The van der Waals surface area contributed by atoms with Gasteiger partial charge in [-0.05, 0) is 39.2 Å². The third-order valence-electron chi connectivity index (χ3n) is 3.79. The second-order valence-electron chi connectivity index (χ2n) is 4.89. The maximum absolute atomic E-state index is 12.0. The topological polar surface area (TPSA) is 41.6 Å². The summed E-state index contributed by atoms with van der Waals surface area (Å²) in [4.78, 5) is 13.8. The lowest BCUT2D eigenvalue weighted by atomic mass is 9.90. The highest BCUT2D eigenvalue weighted by Crippen LogP contribution is 2.23. The molecule has 1 amide bonds. The van der Waals surface area contributed by atoms with Crippen LogP contribution in [0.1, 0.15) is 39.5 Å². The summed E-state index contributed by atoms with van der Waals surface area (Å²) in [5, 5.41) is 3.48. The molecule has 0 aliphatic heterocycles. The third-order valence-corrected chi connectivity index (χ3v) is 3.79. The fourth-order valence-electron chi connectivity index (χ4n) is 2.52. The number of likely N-dealkylation sites (N-methyl/N-ethyl adjacent to an activating group) is 1. The fraction of sp³-hybridized carbons (Fsp3) is 0.923. The van der Waals surface area contributed by atoms with Gasteiger partial charge < -0.3 is 15.0 Å². The van der Waals surface area contributed by atoms with Gasteiger partial charge in [-0.2, -0.15) is 0 Å². The molecule has 0 aromatic heterocycles. The summed E-state index contributed by atoms with van der Waals surface area (Å²) >= 11 is 0. The summed E-state index contributed by atoms with van der Waals surface area (Å²) in [6.07, 6.45) is 4.19. The Morgan fingerprint density at radius 1 is 1.41 bits per heavy atom. The van der Waals surface area contributed by atoms with Crippen molar-refractivity contribution in [2.75, 3.05) is 20.7 Å². The zero-order chi connectivity index (χ0) is 12.8. The van der Waals surface area contributed by atoms with E-state index in [2.05, 4.69) is 12.2 Å². The molecule has 0 saturated heterocycles. The molecule has 0 radical (unpaired) electrons. The van der Waals surface area contributed by atoms with Crippen LogP contribution in [-0.2, 0) is 9.53 Å². The number of carbonyl (C=O) groups excluding carboxylic acids is 1. The zero-order valence-electron chi connectivity index (χ0n) is 11.5. The van der Waals surface area contributed by atoms with Gasteiger partial charge in [0.2, 0.25) is 0 Å². The first kappa shape index (κ1) is 14.5. The molecule has 1 saturated carbocycles. The van der Waals surface area contributed by atoms with Gasteiger partial charge in [0.15, 0.2) is 0 Å². The van der Waals surface area contributed by atoms with Crippen molar-refractivity contribution in [3.05, 3.63) is 0 Å². The molecule has 4 heteroatoms. The maximum Gasteiger partial charge on any atom is 0.251 e. The van der Waals surface area contributed by atoms with Crippen LogP contribution in [0.4, 0.5) is 0 Å². The standard InChI is InChI=1S/C13H26N2O2/c1-5-14-11-6-8-12(9-7-11)15(3)13(16)10(2)17-4/h10-12,14H,5-9H2,1-4H3. The minimum Gasteiger partial charge on any atom is -0.372 e. The fourth-order valence-corrected chi connectivity index (χ4v) is 2.52. The van der Waals surface area contributed by atoms with Crippen molar-refractivity contribution in [3.8, 4) is 0 Å². The van der Waals surface area contributed by atoms with E-state index >= 15 is 0 Å². The first-order valence-electron chi connectivity index (χ1n) is 6.63. The van der Waals surface area contributed by atoms with Gasteiger partial charge in [0.25, 0.3) is 5.91 Å². The summed E-state index contributed by atoms with van der Waals surface area (Å²) in [6, 6.07) is 1.02. The average Bonchev–Trinajstić information content (AvgIpc) is 2.37. The molecule has 1 unspecified atom stereocenters. The monoisotopic (exact) mass is 242 g/mol. The lowest BCUT2D eigenvalue weighted by molar-refractivity contribution is -0.142. The van der Waals surface area contributed by atoms with Crippen molar-refractivity contribution in [1.29, 1.82) is 0 Å². The van der Waals surface area contributed by atoms with Gasteiger partial charge in [0.05, 0.1) is 0 Å². The first-order chi connectivity index (χ1) is 8.10. The molecule has 0 aromatic rings. The third kappa shape index (κ3) is 3.96. The number of hydrogen-bond acceptors (Lipinski definition) is 3. The first-order valence-corrected chi connectivity index (χ1v) is 6.63. The summed E-state index contributed by atoms with van der Waals surface area (Å²) in [6.45, 7) is 4.98. The largest absolute Gasteiger partial charge is 0.372 e. The smallest absolute Gasteiger partial charge is 0.251 e. The Morgan fingerprint density at radius 2 is 2.00 bits per heavy atom. The van der Waals surface area contributed by atoms with Crippen LogP contribution >= 0.6 is 0 Å². The molecule has 0 heterocycles. The van der Waals surface area contributed by atoms with E-state index in [1.807, 2.05) is 18.9 Å².